The Labute approximate surface area is 105 Å². The normalized spacial score (nSPS) is 40.4. The number of hydrogen-bond acceptors (Lipinski definition) is 2. The number of rotatable bonds is 3. The van der Waals surface area contributed by atoms with Crippen LogP contribution in [0.25, 0.3) is 0 Å². The van der Waals surface area contributed by atoms with Crippen molar-refractivity contribution >= 4 is 0 Å². The van der Waals surface area contributed by atoms with E-state index in [1.807, 2.05) is 0 Å². The van der Waals surface area contributed by atoms with Crippen LogP contribution in [0.2, 0.25) is 0 Å². The molecule has 2 nitrogen and oxygen atoms in total. The van der Waals surface area contributed by atoms with Crippen molar-refractivity contribution in [1.29, 1.82) is 0 Å². The van der Waals surface area contributed by atoms with Gasteiger partial charge in [0.15, 0.2) is 0 Å². The van der Waals surface area contributed by atoms with Gasteiger partial charge < -0.3 is 5.11 Å². The van der Waals surface area contributed by atoms with Crippen LogP contribution in [0.15, 0.2) is 0 Å². The molecule has 0 amide bonds. The predicted octanol–water partition coefficient (Wildman–Crippen LogP) is 2.80. The number of nitrogens with zero attached hydrogens (tertiary/aromatic N) is 1. The molecule has 3 fully saturated rings. The third kappa shape index (κ3) is 2.53. The maximum absolute atomic E-state index is 10.1. The van der Waals surface area contributed by atoms with Crippen LogP contribution >= 0.6 is 0 Å². The molecule has 2 heteroatoms. The van der Waals surface area contributed by atoms with Gasteiger partial charge in [-0.05, 0) is 51.0 Å². The molecule has 0 spiro atoms. The lowest BCUT2D eigenvalue weighted by Crippen LogP contribution is -2.41. The molecule has 2 aliphatic carbocycles. The van der Waals surface area contributed by atoms with E-state index in [0.717, 1.165) is 12.3 Å². The van der Waals surface area contributed by atoms with E-state index in [1.165, 1.54) is 64.5 Å². The van der Waals surface area contributed by atoms with Crippen LogP contribution in [-0.2, 0) is 0 Å². The van der Waals surface area contributed by atoms with Crippen LogP contribution in [0.4, 0.5) is 0 Å². The van der Waals surface area contributed by atoms with E-state index in [4.69, 9.17) is 0 Å². The third-order valence-corrected chi connectivity index (χ3v) is 5.41. The lowest BCUT2D eigenvalue weighted by atomic mass is 9.93. The average molecular weight is 237 g/mol. The highest BCUT2D eigenvalue weighted by Crippen LogP contribution is 2.37. The first-order valence-electron chi connectivity index (χ1n) is 7.77. The van der Waals surface area contributed by atoms with Crippen LogP contribution in [0.1, 0.15) is 57.8 Å². The Bertz CT molecular complexity index is 249. The van der Waals surface area contributed by atoms with Gasteiger partial charge in [0.1, 0.15) is 0 Å². The first-order valence-corrected chi connectivity index (χ1v) is 7.77. The maximum atomic E-state index is 10.1. The van der Waals surface area contributed by atoms with Gasteiger partial charge in [0.25, 0.3) is 0 Å². The van der Waals surface area contributed by atoms with Crippen molar-refractivity contribution in [2.45, 2.75) is 69.9 Å². The van der Waals surface area contributed by atoms with E-state index < -0.39 is 0 Å². The Morgan fingerprint density at radius 3 is 2.41 bits per heavy atom. The summed E-state index contributed by atoms with van der Waals surface area (Å²) in [7, 11) is 0. The van der Waals surface area contributed by atoms with Gasteiger partial charge in [0.05, 0.1) is 6.10 Å². The van der Waals surface area contributed by atoms with Crippen molar-refractivity contribution in [3.8, 4) is 0 Å². The maximum Gasteiger partial charge on any atom is 0.0583 e. The lowest BCUT2D eigenvalue weighted by molar-refractivity contribution is 0.0686. The summed E-state index contributed by atoms with van der Waals surface area (Å²) in [6, 6.07) is 0.716. The monoisotopic (exact) mass is 237 g/mol. The van der Waals surface area contributed by atoms with Crippen LogP contribution in [0.3, 0.4) is 0 Å². The van der Waals surface area contributed by atoms with Crippen molar-refractivity contribution in [2.75, 3.05) is 13.1 Å². The molecule has 3 atom stereocenters. The van der Waals surface area contributed by atoms with E-state index >= 15 is 0 Å². The van der Waals surface area contributed by atoms with Gasteiger partial charge in [-0.2, -0.15) is 0 Å². The summed E-state index contributed by atoms with van der Waals surface area (Å²) in [5, 5.41) is 10.1. The largest absolute Gasteiger partial charge is 0.393 e. The molecule has 1 saturated heterocycles. The average Bonchev–Trinajstić information content (AvgIpc) is 3.00. The molecule has 0 bridgehead atoms. The molecule has 0 aromatic heterocycles. The zero-order valence-electron chi connectivity index (χ0n) is 11.0. The second kappa shape index (κ2) is 5.27. The molecule has 98 valence electrons. The number of aliphatic hydroxyl groups excluding tert-OH is 1. The second-order valence-electron chi connectivity index (χ2n) is 6.52. The van der Waals surface area contributed by atoms with E-state index in [1.54, 1.807) is 0 Å². The second-order valence-corrected chi connectivity index (χ2v) is 6.52. The van der Waals surface area contributed by atoms with Crippen molar-refractivity contribution in [3.63, 3.8) is 0 Å². The van der Waals surface area contributed by atoms with E-state index in [0.29, 0.717) is 12.0 Å². The zero-order chi connectivity index (χ0) is 11.7. The summed E-state index contributed by atoms with van der Waals surface area (Å²) in [6.07, 6.45) is 12.1. The Morgan fingerprint density at radius 1 is 0.882 bits per heavy atom. The topological polar surface area (TPSA) is 23.5 Å². The number of aliphatic hydroxyl groups is 1. The molecule has 0 aromatic carbocycles. The smallest absolute Gasteiger partial charge is 0.0583 e. The highest BCUT2D eigenvalue weighted by atomic mass is 16.3. The minimum absolute atomic E-state index is 0.00387. The minimum Gasteiger partial charge on any atom is -0.393 e. The van der Waals surface area contributed by atoms with Gasteiger partial charge >= 0.3 is 0 Å². The standard InChI is InChI=1S/C15H27NO/c17-15-9-3-7-13(15)14-8-4-10-16(14)11-12-5-1-2-6-12/h12-15,17H,1-11H2. The highest BCUT2D eigenvalue weighted by Gasteiger charge is 2.38. The molecule has 1 heterocycles. The van der Waals surface area contributed by atoms with Gasteiger partial charge in [-0.3, -0.25) is 4.90 Å². The quantitative estimate of drug-likeness (QED) is 0.816. The van der Waals surface area contributed by atoms with E-state index in [9.17, 15) is 5.11 Å². The third-order valence-electron chi connectivity index (χ3n) is 5.41. The van der Waals surface area contributed by atoms with Crippen molar-refractivity contribution in [1.82, 2.24) is 4.90 Å². The fraction of sp³-hybridized carbons (Fsp3) is 1.00. The molecule has 3 rings (SSSR count). The summed E-state index contributed by atoms with van der Waals surface area (Å²) in [6.45, 7) is 2.62. The van der Waals surface area contributed by atoms with Gasteiger partial charge in [-0.15, -0.1) is 0 Å². The number of likely N-dealkylation sites (tertiary alicyclic amines) is 1. The van der Waals surface area contributed by atoms with Gasteiger partial charge in [-0.25, -0.2) is 0 Å². The SMILES string of the molecule is OC1CCCC1C1CCCN1CC1CCCC1. The Balaban J connectivity index is 1.58. The molecule has 0 radical (unpaired) electrons. The minimum atomic E-state index is 0.00387. The van der Waals surface area contributed by atoms with Crippen molar-refractivity contribution in [3.05, 3.63) is 0 Å². The molecule has 0 aromatic rings. The van der Waals surface area contributed by atoms with Crippen molar-refractivity contribution in [2.24, 2.45) is 11.8 Å². The van der Waals surface area contributed by atoms with Crippen molar-refractivity contribution < 1.29 is 5.11 Å². The van der Waals surface area contributed by atoms with Gasteiger partial charge in [0, 0.05) is 18.5 Å². The van der Waals surface area contributed by atoms with E-state index in [-0.39, 0.29) is 6.10 Å². The summed E-state index contributed by atoms with van der Waals surface area (Å²) < 4.78 is 0. The summed E-state index contributed by atoms with van der Waals surface area (Å²) in [5.41, 5.74) is 0. The van der Waals surface area contributed by atoms with E-state index in [2.05, 4.69) is 4.90 Å². The highest BCUT2D eigenvalue weighted by molar-refractivity contribution is 4.92. The molecular formula is C15H27NO. The molecular weight excluding hydrogens is 210 g/mol. The molecule has 1 N–H and O–H groups in total. The summed E-state index contributed by atoms with van der Waals surface area (Å²) in [5.74, 6) is 1.56. The Hall–Kier alpha value is -0.0800. The van der Waals surface area contributed by atoms with Gasteiger partial charge in [-0.1, -0.05) is 19.3 Å². The lowest BCUT2D eigenvalue weighted by Gasteiger charge is -2.32. The summed E-state index contributed by atoms with van der Waals surface area (Å²) in [4.78, 5) is 2.73. The fourth-order valence-electron chi connectivity index (χ4n) is 4.51. The molecule has 3 aliphatic rings. The Kier molecular flexibility index (Phi) is 3.72. The molecule has 17 heavy (non-hydrogen) atoms. The number of hydrogen-bond donors (Lipinski definition) is 1. The zero-order valence-corrected chi connectivity index (χ0v) is 11.0. The first-order chi connectivity index (χ1) is 8.34. The van der Waals surface area contributed by atoms with Crippen LogP contribution in [-0.4, -0.2) is 35.2 Å². The molecule has 3 unspecified atom stereocenters. The predicted molar refractivity (Wildman–Crippen MR) is 69.9 cm³/mol. The first kappa shape index (κ1) is 12.0. The van der Waals surface area contributed by atoms with Crippen LogP contribution < -0.4 is 0 Å². The van der Waals surface area contributed by atoms with Crippen LogP contribution in [0.5, 0.6) is 0 Å². The fourth-order valence-corrected chi connectivity index (χ4v) is 4.51. The van der Waals surface area contributed by atoms with Gasteiger partial charge in [0.2, 0.25) is 0 Å². The van der Waals surface area contributed by atoms with Crippen LogP contribution in [0, 0.1) is 11.8 Å². The Morgan fingerprint density at radius 2 is 1.71 bits per heavy atom. The molecule has 1 aliphatic heterocycles. The molecule has 2 saturated carbocycles. The summed E-state index contributed by atoms with van der Waals surface area (Å²) >= 11 is 0.